The molecule has 0 radical (unpaired) electrons. The van der Waals surface area contributed by atoms with Crippen LogP contribution in [-0.2, 0) is 4.65 Å². The van der Waals surface area contributed by atoms with Gasteiger partial charge in [0.15, 0.2) is 11.5 Å². The van der Waals surface area contributed by atoms with E-state index in [1.54, 1.807) is 7.11 Å². The molecule has 3 rings (SSSR count). The van der Waals surface area contributed by atoms with Crippen LogP contribution in [-0.4, -0.2) is 33.0 Å². The van der Waals surface area contributed by atoms with Crippen LogP contribution in [0, 0.1) is 11.3 Å². The molecule has 1 fully saturated rings. The zero-order valence-electron chi connectivity index (χ0n) is 13.7. The van der Waals surface area contributed by atoms with E-state index >= 15 is 0 Å². The molecule has 0 aliphatic carbocycles. The molecule has 1 atom stereocenters. The highest BCUT2D eigenvalue weighted by Gasteiger charge is 2.34. The SMILES string of the molecule is COc1c(C2COB(O)C2)cc(-c2ccccc2)c(C#N)c1OC. The molecule has 1 saturated heterocycles. The third-order valence-corrected chi connectivity index (χ3v) is 4.29. The van der Waals surface area contributed by atoms with Crippen LogP contribution in [0.4, 0.5) is 0 Å². The second-order valence-electron chi connectivity index (χ2n) is 5.65. The molecule has 0 amide bonds. The molecule has 5 nitrogen and oxygen atoms in total. The molecule has 1 heterocycles. The molecule has 1 aliphatic rings. The maximum Gasteiger partial charge on any atom is 0.454 e. The predicted molar refractivity (Wildman–Crippen MR) is 91.2 cm³/mol. The summed E-state index contributed by atoms with van der Waals surface area (Å²) in [5, 5.41) is 19.4. The highest BCUT2D eigenvalue weighted by molar-refractivity contribution is 6.43. The first-order valence-corrected chi connectivity index (χ1v) is 7.73. The molecule has 0 spiro atoms. The van der Waals surface area contributed by atoms with Crippen molar-refractivity contribution in [3.63, 3.8) is 0 Å². The summed E-state index contributed by atoms with van der Waals surface area (Å²) in [5.41, 5.74) is 3.02. The lowest BCUT2D eigenvalue weighted by molar-refractivity contribution is 0.289. The van der Waals surface area contributed by atoms with Gasteiger partial charge in [0.05, 0.1) is 14.2 Å². The first-order chi connectivity index (χ1) is 11.7. The van der Waals surface area contributed by atoms with E-state index in [4.69, 9.17) is 14.1 Å². The molecule has 2 aromatic rings. The van der Waals surface area contributed by atoms with Crippen molar-refractivity contribution < 1.29 is 19.2 Å². The fourth-order valence-electron chi connectivity index (χ4n) is 3.15. The van der Waals surface area contributed by atoms with E-state index in [1.165, 1.54) is 7.11 Å². The summed E-state index contributed by atoms with van der Waals surface area (Å²) >= 11 is 0. The van der Waals surface area contributed by atoms with Crippen LogP contribution in [0.5, 0.6) is 11.5 Å². The van der Waals surface area contributed by atoms with Crippen molar-refractivity contribution in [2.45, 2.75) is 12.2 Å². The van der Waals surface area contributed by atoms with Crippen LogP contribution < -0.4 is 9.47 Å². The third-order valence-electron chi connectivity index (χ3n) is 4.29. The Kier molecular flexibility index (Phi) is 4.75. The molecule has 6 heteroatoms. The van der Waals surface area contributed by atoms with Crippen LogP contribution in [0.2, 0.25) is 6.32 Å². The van der Waals surface area contributed by atoms with E-state index in [0.29, 0.717) is 30.0 Å². The summed E-state index contributed by atoms with van der Waals surface area (Å²) in [4.78, 5) is 0. The number of hydrogen-bond donors (Lipinski definition) is 1. The molecular weight excluding hydrogens is 305 g/mol. The number of benzene rings is 2. The van der Waals surface area contributed by atoms with E-state index in [0.717, 1.165) is 16.7 Å². The minimum Gasteiger partial charge on any atom is -0.493 e. The average molecular weight is 323 g/mol. The normalized spacial score (nSPS) is 16.8. The first-order valence-electron chi connectivity index (χ1n) is 7.73. The Morgan fingerprint density at radius 2 is 1.92 bits per heavy atom. The quantitative estimate of drug-likeness (QED) is 0.876. The van der Waals surface area contributed by atoms with Crippen LogP contribution >= 0.6 is 0 Å². The summed E-state index contributed by atoms with van der Waals surface area (Å²) in [6.07, 6.45) is 0.486. The van der Waals surface area contributed by atoms with E-state index in [1.807, 2.05) is 36.4 Å². The molecule has 24 heavy (non-hydrogen) atoms. The van der Waals surface area contributed by atoms with Gasteiger partial charge < -0.3 is 19.2 Å². The topological polar surface area (TPSA) is 71.7 Å². The van der Waals surface area contributed by atoms with Crippen LogP contribution in [0.15, 0.2) is 36.4 Å². The van der Waals surface area contributed by atoms with Crippen molar-refractivity contribution in [1.82, 2.24) is 0 Å². The molecule has 2 aromatic carbocycles. The molecule has 1 unspecified atom stereocenters. The van der Waals surface area contributed by atoms with Gasteiger partial charge in [0.1, 0.15) is 11.6 Å². The van der Waals surface area contributed by atoms with E-state index in [2.05, 4.69) is 6.07 Å². The number of hydrogen-bond acceptors (Lipinski definition) is 5. The zero-order valence-corrected chi connectivity index (χ0v) is 13.7. The van der Waals surface area contributed by atoms with E-state index < -0.39 is 7.12 Å². The summed E-state index contributed by atoms with van der Waals surface area (Å²) < 4.78 is 16.3. The minimum absolute atomic E-state index is 0.0148. The second kappa shape index (κ2) is 6.96. The van der Waals surface area contributed by atoms with Gasteiger partial charge in [-0.15, -0.1) is 0 Å². The molecule has 1 N–H and O–H groups in total. The van der Waals surface area contributed by atoms with Crippen molar-refractivity contribution in [3.05, 3.63) is 47.5 Å². The Labute approximate surface area is 141 Å². The smallest absolute Gasteiger partial charge is 0.454 e. The van der Waals surface area contributed by atoms with Gasteiger partial charge in [-0.25, -0.2) is 0 Å². The van der Waals surface area contributed by atoms with Gasteiger partial charge in [-0.05, 0) is 17.9 Å². The zero-order chi connectivity index (χ0) is 17.1. The maximum atomic E-state index is 9.69. The first kappa shape index (κ1) is 16.4. The van der Waals surface area contributed by atoms with Gasteiger partial charge in [0, 0.05) is 23.7 Å². The van der Waals surface area contributed by atoms with Crippen molar-refractivity contribution in [2.24, 2.45) is 0 Å². The standard InChI is InChI=1S/C18H18BNO4/c1-22-17-15(13-9-19(21)24-11-13)8-14(12-6-4-3-5-7-12)16(10-20)18(17)23-2/h3-8,13,21H,9,11H2,1-2H3. The number of nitriles is 1. The highest BCUT2D eigenvalue weighted by Crippen LogP contribution is 2.45. The number of ether oxygens (including phenoxy) is 2. The Balaban J connectivity index is 2.24. The largest absolute Gasteiger partial charge is 0.493 e. The summed E-state index contributed by atoms with van der Waals surface area (Å²) in [6, 6.07) is 13.9. The summed E-state index contributed by atoms with van der Waals surface area (Å²) in [5.74, 6) is 0.924. The highest BCUT2D eigenvalue weighted by atomic mass is 16.5. The molecule has 0 bridgehead atoms. The number of methoxy groups -OCH3 is 2. The van der Waals surface area contributed by atoms with Gasteiger partial charge in [-0.2, -0.15) is 5.26 Å². The van der Waals surface area contributed by atoms with E-state index in [9.17, 15) is 10.3 Å². The Hall–Kier alpha value is -2.49. The van der Waals surface area contributed by atoms with Crippen LogP contribution in [0.25, 0.3) is 11.1 Å². The van der Waals surface area contributed by atoms with Gasteiger partial charge >= 0.3 is 7.12 Å². The minimum atomic E-state index is -0.776. The lowest BCUT2D eigenvalue weighted by atomic mass is 9.78. The average Bonchev–Trinajstić information content (AvgIpc) is 3.06. The third kappa shape index (κ3) is 2.84. The lowest BCUT2D eigenvalue weighted by Crippen LogP contribution is -2.08. The Bertz CT molecular complexity index is 773. The molecule has 0 aromatic heterocycles. The van der Waals surface area contributed by atoms with Crippen molar-refractivity contribution in [1.29, 1.82) is 5.26 Å². The Morgan fingerprint density at radius 3 is 2.46 bits per heavy atom. The number of nitrogens with zero attached hydrogens (tertiary/aromatic N) is 1. The lowest BCUT2D eigenvalue weighted by Gasteiger charge is -2.20. The maximum absolute atomic E-state index is 9.69. The fraction of sp³-hybridized carbons (Fsp3) is 0.278. The molecule has 122 valence electrons. The molecule has 1 aliphatic heterocycles. The molecule has 0 saturated carbocycles. The van der Waals surface area contributed by atoms with Crippen molar-refractivity contribution in [2.75, 3.05) is 20.8 Å². The summed E-state index contributed by atoms with van der Waals surface area (Å²) in [7, 11) is 2.30. The number of rotatable bonds is 4. The monoisotopic (exact) mass is 323 g/mol. The van der Waals surface area contributed by atoms with Gasteiger partial charge in [-0.3, -0.25) is 0 Å². The molecular formula is C18H18BNO4. The van der Waals surface area contributed by atoms with Crippen LogP contribution in [0.1, 0.15) is 17.0 Å². The van der Waals surface area contributed by atoms with Crippen molar-refractivity contribution in [3.8, 4) is 28.7 Å². The van der Waals surface area contributed by atoms with Gasteiger partial charge in [0.2, 0.25) is 0 Å². The van der Waals surface area contributed by atoms with Gasteiger partial charge in [0.25, 0.3) is 0 Å². The van der Waals surface area contributed by atoms with E-state index in [-0.39, 0.29) is 5.92 Å². The van der Waals surface area contributed by atoms with Gasteiger partial charge in [-0.1, -0.05) is 30.3 Å². The Morgan fingerprint density at radius 1 is 1.21 bits per heavy atom. The summed E-state index contributed by atoms with van der Waals surface area (Å²) in [6.45, 7) is 0.404. The predicted octanol–water partition coefficient (Wildman–Crippen LogP) is 2.84. The fourth-order valence-corrected chi connectivity index (χ4v) is 3.15. The second-order valence-corrected chi connectivity index (χ2v) is 5.65. The van der Waals surface area contributed by atoms with Crippen LogP contribution in [0.3, 0.4) is 0 Å². The van der Waals surface area contributed by atoms with Crippen molar-refractivity contribution >= 4 is 7.12 Å².